The van der Waals surface area contributed by atoms with E-state index < -0.39 is 5.97 Å². The molecule has 0 aromatic carbocycles. The lowest BCUT2D eigenvalue weighted by molar-refractivity contribution is 0.0600. The van der Waals surface area contributed by atoms with Crippen molar-refractivity contribution in [1.82, 2.24) is 29.7 Å². The van der Waals surface area contributed by atoms with Crippen molar-refractivity contribution in [2.75, 3.05) is 17.7 Å². The Morgan fingerprint density at radius 3 is 2.63 bits per heavy atom. The van der Waals surface area contributed by atoms with Gasteiger partial charge in [0, 0.05) is 25.6 Å². The van der Waals surface area contributed by atoms with Gasteiger partial charge in [0.2, 0.25) is 5.95 Å². The van der Waals surface area contributed by atoms with Gasteiger partial charge in [0.1, 0.15) is 0 Å². The fourth-order valence-electron chi connectivity index (χ4n) is 2.94. The molecule has 4 heterocycles. The van der Waals surface area contributed by atoms with Crippen LogP contribution in [-0.4, -0.2) is 42.8 Å². The highest BCUT2D eigenvalue weighted by Gasteiger charge is 2.15. The Bertz CT molecular complexity index is 1250. The van der Waals surface area contributed by atoms with E-state index in [1.165, 1.54) is 13.3 Å². The molecule has 0 unspecified atom stereocenters. The SMILES string of the molecule is COC(=O)c1cnc(C)c(Nc2nn(C)c3nc(Nc4cccnc4C)ncc23)c1. The van der Waals surface area contributed by atoms with Gasteiger partial charge in [-0.1, -0.05) is 0 Å². The van der Waals surface area contributed by atoms with Crippen molar-refractivity contribution in [2.24, 2.45) is 7.05 Å². The Labute approximate surface area is 172 Å². The van der Waals surface area contributed by atoms with Crippen LogP contribution >= 0.6 is 0 Å². The van der Waals surface area contributed by atoms with Gasteiger partial charge < -0.3 is 15.4 Å². The zero-order valence-corrected chi connectivity index (χ0v) is 17.0. The minimum absolute atomic E-state index is 0.348. The smallest absolute Gasteiger partial charge is 0.339 e. The molecule has 0 aliphatic heterocycles. The van der Waals surface area contributed by atoms with E-state index in [9.17, 15) is 4.79 Å². The summed E-state index contributed by atoms with van der Waals surface area (Å²) in [5.41, 5.74) is 4.03. The number of methoxy groups -OCH3 is 1. The molecule has 4 aromatic heterocycles. The molecule has 0 radical (unpaired) electrons. The van der Waals surface area contributed by atoms with E-state index in [4.69, 9.17) is 4.74 Å². The molecule has 30 heavy (non-hydrogen) atoms. The molecule has 10 nitrogen and oxygen atoms in total. The summed E-state index contributed by atoms with van der Waals surface area (Å²) in [5.74, 6) is 0.545. The number of aromatic nitrogens is 6. The normalized spacial score (nSPS) is 10.8. The van der Waals surface area contributed by atoms with Crippen molar-refractivity contribution in [2.45, 2.75) is 13.8 Å². The number of hydrogen-bond donors (Lipinski definition) is 2. The third-order valence-electron chi connectivity index (χ3n) is 4.59. The zero-order valence-electron chi connectivity index (χ0n) is 17.0. The van der Waals surface area contributed by atoms with E-state index in [2.05, 4.69) is 35.7 Å². The summed E-state index contributed by atoms with van der Waals surface area (Å²) < 4.78 is 6.43. The third-order valence-corrected chi connectivity index (χ3v) is 4.59. The molecule has 0 spiro atoms. The molecule has 10 heteroatoms. The predicted molar refractivity (Wildman–Crippen MR) is 112 cm³/mol. The maximum absolute atomic E-state index is 11.8. The molecule has 4 rings (SSSR count). The number of anilines is 4. The third kappa shape index (κ3) is 3.62. The van der Waals surface area contributed by atoms with Crippen LogP contribution in [0.2, 0.25) is 0 Å². The van der Waals surface area contributed by atoms with Gasteiger partial charge in [0.25, 0.3) is 0 Å². The van der Waals surface area contributed by atoms with Gasteiger partial charge in [0.15, 0.2) is 11.5 Å². The van der Waals surface area contributed by atoms with E-state index in [0.29, 0.717) is 34.4 Å². The Kier molecular flexibility index (Phi) is 4.97. The average Bonchev–Trinajstić information content (AvgIpc) is 3.05. The van der Waals surface area contributed by atoms with E-state index >= 15 is 0 Å². The molecule has 0 aliphatic rings. The maximum atomic E-state index is 11.8. The van der Waals surface area contributed by atoms with Gasteiger partial charge in [-0.3, -0.25) is 9.97 Å². The Hall–Kier alpha value is -4.08. The Balaban J connectivity index is 1.67. The van der Waals surface area contributed by atoms with Crippen molar-refractivity contribution < 1.29 is 9.53 Å². The second-order valence-electron chi connectivity index (χ2n) is 6.64. The first-order valence-corrected chi connectivity index (χ1v) is 9.16. The highest BCUT2D eigenvalue weighted by atomic mass is 16.5. The first-order valence-electron chi connectivity index (χ1n) is 9.16. The molecule has 4 aromatic rings. The monoisotopic (exact) mass is 404 g/mol. The summed E-state index contributed by atoms with van der Waals surface area (Å²) in [7, 11) is 3.13. The molecule has 2 N–H and O–H groups in total. The minimum atomic E-state index is -0.457. The van der Waals surface area contributed by atoms with E-state index in [1.54, 1.807) is 30.2 Å². The molecular weight excluding hydrogens is 384 g/mol. The number of carbonyl (C=O) groups excluding carboxylic acids is 1. The summed E-state index contributed by atoms with van der Waals surface area (Å²) in [6.45, 7) is 3.75. The molecule has 0 bridgehead atoms. The van der Waals surface area contributed by atoms with Crippen LogP contribution in [0.25, 0.3) is 11.0 Å². The van der Waals surface area contributed by atoms with Crippen LogP contribution in [0.5, 0.6) is 0 Å². The van der Waals surface area contributed by atoms with E-state index in [0.717, 1.165) is 16.8 Å². The minimum Gasteiger partial charge on any atom is -0.465 e. The van der Waals surface area contributed by atoms with Crippen LogP contribution in [0.3, 0.4) is 0 Å². The van der Waals surface area contributed by atoms with Crippen LogP contribution in [0.1, 0.15) is 21.7 Å². The fraction of sp³-hybridized carbons (Fsp3) is 0.200. The maximum Gasteiger partial charge on any atom is 0.339 e. The van der Waals surface area contributed by atoms with Crippen molar-refractivity contribution in [1.29, 1.82) is 0 Å². The van der Waals surface area contributed by atoms with Crippen molar-refractivity contribution in [3.05, 3.63) is 53.7 Å². The van der Waals surface area contributed by atoms with Gasteiger partial charge in [0.05, 0.1) is 40.8 Å². The van der Waals surface area contributed by atoms with Crippen molar-refractivity contribution in [3.8, 4) is 0 Å². The zero-order chi connectivity index (χ0) is 21.3. The molecule has 0 fully saturated rings. The molecule has 0 saturated carbocycles. The number of nitrogens with zero attached hydrogens (tertiary/aromatic N) is 6. The standard InChI is InChI=1S/C20H20N8O2/c1-11-15(6-5-7-21-11)25-20-23-10-14-17(27-28(3)18(14)26-20)24-16-8-13(19(29)30-4)9-22-12(16)2/h5-10H,1-4H3,(H,24,27)(H,23,25,26). The van der Waals surface area contributed by atoms with Crippen LogP contribution in [0, 0.1) is 13.8 Å². The lowest BCUT2D eigenvalue weighted by atomic mass is 10.2. The van der Waals surface area contributed by atoms with Gasteiger partial charge >= 0.3 is 5.97 Å². The molecule has 0 atom stereocenters. The Morgan fingerprint density at radius 1 is 1.07 bits per heavy atom. The molecular formula is C20H20N8O2. The molecule has 0 saturated heterocycles. The number of aryl methyl sites for hydroxylation is 3. The topological polar surface area (TPSA) is 120 Å². The highest BCUT2D eigenvalue weighted by molar-refractivity contribution is 5.92. The molecule has 0 aliphatic carbocycles. The number of fused-ring (bicyclic) bond motifs is 1. The summed E-state index contributed by atoms with van der Waals surface area (Å²) in [4.78, 5) is 29.3. The van der Waals surface area contributed by atoms with Gasteiger partial charge in [-0.05, 0) is 32.0 Å². The second kappa shape index (κ2) is 7.74. The molecule has 152 valence electrons. The number of carbonyl (C=O) groups is 1. The summed E-state index contributed by atoms with van der Waals surface area (Å²) >= 11 is 0. The van der Waals surface area contributed by atoms with Crippen LogP contribution in [-0.2, 0) is 11.8 Å². The largest absolute Gasteiger partial charge is 0.465 e. The number of nitrogens with one attached hydrogen (secondary N) is 2. The van der Waals surface area contributed by atoms with Gasteiger partial charge in [-0.2, -0.15) is 10.1 Å². The van der Waals surface area contributed by atoms with E-state index in [-0.39, 0.29) is 0 Å². The summed E-state index contributed by atoms with van der Waals surface area (Å²) in [6, 6.07) is 5.44. The van der Waals surface area contributed by atoms with E-state index in [1.807, 2.05) is 26.0 Å². The second-order valence-corrected chi connectivity index (χ2v) is 6.64. The van der Waals surface area contributed by atoms with Gasteiger partial charge in [-0.25, -0.2) is 14.5 Å². The summed E-state index contributed by atoms with van der Waals surface area (Å²) in [6.07, 6.45) is 4.90. The lowest BCUT2D eigenvalue weighted by Gasteiger charge is -2.09. The highest BCUT2D eigenvalue weighted by Crippen LogP contribution is 2.27. The van der Waals surface area contributed by atoms with Crippen LogP contribution < -0.4 is 10.6 Å². The van der Waals surface area contributed by atoms with Gasteiger partial charge in [-0.15, -0.1) is 0 Å². The molecule has 0 amide bonds. The first-order chi connectivity index (χ1) is 14.5. The number of esters is 1. The number of pyridine rings is 2. The van der Waals surface area contributed by atoms with Crippen molar-refractivity contribution in [3.63, 3.8) is 0 Å². The first kappa shape index (κ1) is 19.2. The number of rotatable bonds is 5. The Morgan fingerprint density at radius 2 is 1.87 bits per heavy atom. The predicted octanol–water partition coefficient (Wildman–Crippen LogP) is 3.04. The fourth-order valence-corrected chi connectivity index (χ4v) is 2.94. The van der Waals surface area contributed by atoms with Crippen LogP contribution in [0.15, 0.2) is 36.8 Å². The van der Waals surface area contributed by atoms with Crippen molar-refractivity contribution >= 4 is 40.1 Å². The number of ether oxygens (including phenoxy) is 1. The summed E-state index contributed by atoms with van der Waals surface area (Å²) in [5, 5.41) is 11.6. The average molecular weight is 404 g/mol. The van der Waals surface area contributed by atoms with Crippen LogP contribution in [0.4, 0.5) is 23.1 Å². The lowest BCUT2D eigenvalue weighted by Crippen LogP contribution is -2.05. The number of hydrogen-bond acceptors (Lipinski definition) is 9. The quantitative estimate of drug-likeness (QED) is 0.484.